The van der Waals surface area contributed by atoms with Crippen LogP contribution in [0, 0.1) is 6.92 Å². The van der Waals surface area contributed by atoms with Crippen molar-refractivity contribution in [3.05, 3.63) is 50.1 Å². The van der Waals surface area contributed by atoms with Crippen molar-refractivity contribution < 1.29 is 4.79 Å². The van der Waals surface area contributed by atoms with Gasteiger partial charge in [-0.3, -0.25) is 4.79 Å². The van der Waals surface area contributed by atoms with Crippen LogP contribution in [0.1, 0.15) is 27.2 Å². The predicted molar refractivity (Wildman–Crippen MR) is 88.1 cm³/mol. The Morgan fingerprint density at radius 1 is 1.40 bits per heavy atom. The zero-order chi connectivity index (χ0) is 14.1. The molecule has 2 aromatic rings. The molecule has 0 saturated heterocycles. The average molecular weight is 350 g/mol. The van der Waals surface area contributed by atoms with E-state index in [1.807, 2.05) is 11.4 Å². The smallest absolute Gasteiger partial charge is 0.193 e. The second-order valence-corrected chi connectivity index (χ2v) is 6.95. The summed E-state index contributed by atoms with van der Waals surface area (Å²) >= 11 is 4.95. The van der Waals surface area contributed by atoms with Crippen LogP contribution in [0.3, 0.4) is 0 Å². The van der Waals surface area contributed by atoms with Crippen LogP contribution < -0.4 is 4.90 Å². The fourth-order valence-corrected chi connectivity index (χ4v) is 4.23. The minimum absolute atomic E-state index is 0.195. The van der Waals surface area contributed by atoms with Gasteiger partial charge in [-0.05, 0) is 58.8 Å². The Balaban J connectivity index is 1.83. The van der Waals surface area contributed by atoms with Crippen molar-refractivity contribution >= 4 is 38.7 Å². The highest BCUT2D eigenvalue weighted by atomic mass is 79.9. The number of benzene rings is 1. The minimum atomic E-state index is 0.195. The molecule has 1 aliphatic rings. The Hall–Kier alpha value is -1.13. The number of ketones is 1. The molecule has 1 aromatic carbocycles. The molecular formula is C16H16BrNOS. The number of rotatable bonds is 3. The molecule has 0 amide bonds. The highest BCUT2D eigenvalue weighted by Gasteiger charge is 2.21. The van der Waals surface area contributed by atoms with Crippen LogP contribution in [0.15, 0.2) is 34.1 Å². The van der Waals surface area contributed by atoms with E-state index in [9.17, 15) is 4.79 Å². The van der Waals surface area contributed by atoms with Gasteiger partial charge < -0.3 is 4.90 Å². The summed E-state index contributed by atoms with van der Waals surface area (Å²) in [7, 11) is 0. The molecule has 1 aromatic heterocycles. The molecule has 0 aliphatic carbocycles. The van der Waals surface area contributed by atoms with Gasteiger partial charge in [0.15, 0.2) is 5.78 Å². The largest absolute Gasteiger partial charge is 0.364 e. The summed E-state index contributed by atoms with van der Waals surface area (Å²) in [6.45, 7) is 3.55. The first kappa shape index (κ1) is 13.8. The summed E-state index contributed by atoms with van der Waals surface area (Å²) in [5, 5.41) is 1.95. The first-order valence-corrected chi connectivity index (χ1v) is 8.43. The number of fused-ring (bicyclic) bond motifs is 1. The van der Waals surface area contributed by atoms with Gasteiger partial charge in [-0.25, -0.2) is 0 Å². The van der Waals surface area contributed by atoms with E-state index in [1.165, 1.54) is 28.2 Å². The van der Waals surface area contributed by atoms with Gasteiger partial charge in [0.2, 0.25) is 0 Å². The molecular weight excluding hydrogens is 334 g/mol. The number of carbonyl (C=O) groups is 1. The first-order chi connectivity index (χ1) is 9.65. The maximum atomic E-state index is 12.4. The molecule has 2 heterocycles. The van der Waals surface area contributed by atoms with Gasteiger partial charge in [-0.2, -0.15) is 0 Å². The molecule has 0 bridgehead atoms. The Kier molecular flexibility index (Phi) is 3.94. The first-order valence-electron chi connectivity index (χ1n) is 6.76. The lowest BCUT2D eigenvalue weighted by molar-refractivity contribution is 0.100. The lowest BCUT2D eigenvalue weighted by Crippen LogP contribution is -2.34. The Morgan fingerprint density at radius 2 is 2.25 bits per heavy atom. The van der Waals surface area contributed by atoms with Gasteiger partial charge in [0.25, 0.3) is 0 Å². The van der Waals surface area contributed by atoms with E-state index < -0.39 is 0 Å². The second-order valence-electron chi connectivity index (χ2n) is 5.18. The minimum Gasteiger partial charge on any atom is -0.364 e. The summed E-state index contributed by atoms with van der Waals surface area (Å²) in [5.41, 5.74) is 3.88. The number of thiophene rings is 1. The van der Waals surface area contributed by atoms with Crippen molar-refractivity contribution in [1.82, 2.24) is 0 Å². The Labute approximate surface area is 131 Å². The number of Topliss-reactive ketones (excluding diaryl/α,β-unsaturated/α-hetero) is 1. The number of hydrogen-bond acceptors (Lipinski definition) is 3. The van der Waals surface area contributed by atoms with Crippen LogP contribution in [-0.4, -0.2) is 18.9 Å². The normalized spacial score (nSPS) is 14.2. The van der Waals surface area contributed by atoms with Crippen LogP contribution in [0.25, 0.3) is 0 Å². The number of anilines is 1. The molecule has 20 heavy (non-hydrogen) atoms. The number of halogens is 1. The van der Waals surface area contributed by atoms with Crippen molar-refractivity contribution in [3.63, 3.8) is 0 Å². The van der Waals surface area contributed by atoms with Crippen molar-refractivity contribution in [1.29, 1.82) is 0 Å². The van der Waals surface area contributed by atoms with Gasteiger partial charge in [-0.15, -0.1) is 11.3 Å². The molecule has 4 heteroatoms. The van der Waals surface area contributed by atoms with Gasteiger partial charge in [-0.1, -0.05) is 17.7 Å². The summed E-state index contributed by atoms with van der Waals surface area (Å²) < 4.78 is 0.911. The SMILES string of the molecule is Cc1ccc2c(c1)CCCN2CC(=O)c1sccc1Br. The van der Waals surface area contributed by atoms with Crippen molar-refractivity contribution in [3.8, 4) is 0 Å². The molecule has 0 radical (unpaired) electrons. The van der Waals surface area contributed by atoms with Gasteiger partial charge in [0.1, 0.15) is 0 Å². The maximum Gasteiger partial charge on any atom is 0.193 e. The molecule has 0 saturated carbocycles. The Bertz CT molecular complexity index is 650. The molecule has 0 spiro atoms. The van der Waals surface area contributed by atoms with Crippen molar-refractivity contribution in [2.75, 3.05) is 18.0 Å². The summed E-state index contributed by atoms with van der Waals surface area (Å²) in [5.74, 6) is 0.195. The van der Waals surface area contributed by atoms with E-state index in [0.717, 1.165) is 28.7 Å². The fourth-order valence-electron chi connectivity index (χ4n) is 2.71. The monoisotopic (exact) mass is 349 g/mol. The van der Waals surface area contributed by atoms with E-state index in [0.29, 0.717) is 6.54 Å². The van der Waals surface area contributed by atoms with E-state index in [-0.39, 0.29) is 5.78 Å². The number of hydrogen-bond donors (Lipinski definition) is 0. The van der Waals surface area contributed by atoms with Gasteiger partial charge in [0, 0.05) is 16.7 Å². The molecule has 2 nitrogen and oxygen atoms in total. The third-order valence-electron chi connectivity index (χ3n) is 3.65. The van der Waals surface area contributed by atoms with Crippen LogP contribution in [-0.2, 0) is 6.42 Å². The van der Waals surface area contributed by atoms with Crippen LogP contribution >= 0.6 is 27.3 Å². The highest BCUT2D eigenvalue weighted by molar-refractivity contribution is 9.10. The van der Waals surface area contributed by atoms with Crippen LogP contribution in [0.2, 0.25) is 0 Å². The zero-order valence-corrected chi connectivity index (χ0v) is 13.8. The number of nitrogens with zero attached hydrogens (tertiary/aromatic N) is 1. The van der Waals surface area contributed by atoms with Gasteiger partial charge >= 0.3 is 0 Å². The van der Waals surface area contributed by atoms with E-state index in [1.54, 1.807) is 0 Å². The quantitative estimate of drug-likeness (QED) is 0.762. The summed E-state index contributed by atoms with van der Waals surface area (Å²) in [4.78, 5) is 15.4. The maximum absolute atomic E-state index is 12.4. The molecule has 0 unspecified atom stereocenters. The van der Waals surface area contributed by atoms with E-state index in [2.05, 4.69) is 46.0 Å². The van der Waals surface area contributed by atoms with Crippen LogP contribution in [0.4, 0.5) is 5.69 Å². The molecule has 104 valence electrons. The molecule has 0 atom stereocenters. The molecule has 1 aliphatic heterocycles. The van der Waals surface area contributed by atoms with Crippen molar-refractivity contribution in [2.45, 2.75) is 19.8 Å². The second kappa shape index (κ2) is 5.70. The van der Waals surface area contributed by atoms with E-state index in [4.69, 9.17) is 0 Å². The highest BCUT2D eigenvalue weighted by Crippen LogP contribution is 2.29. The van der Waals surface area contributed by atoms with E-state index >= 15 is 0 Å². The standard InChI is InChI=1S/C16H16BrNOS/c1-11-4-5-14-12(9-11)3-2-7-18(14)10-15(19)16-13(17)6-8-20-16/h4-6,8-9H,2-3,7,10H2,1H3. The zero-order valence-electron chi connectivity index (χ0n) is 11.4. The third-order valence-corrected chi connectivity index (χ3v) is 5.53. The Morgan fingerprint density at radius 3 is 3.00 bits per heavy atom. The van der Waals surface area contributed by atoms with Crippen LogP contribution in [0.5, 0.6) is 0 Å². The molecule has 0 fully saturated rings. The number of carbonyl (C=O) groups excluding carboxylic acids is 1. The molecule has 3 rings (SSSR count). The van der Waals surface area contributed by atoms with Crippen molar-refractivity contribution in [2.24, 2.45) is 0 Å². The summed E-state index contributed by atoms with van der Waals surface area (Å²) in [6.07, 6.45) is 2.24. The predicted octanol–water partition coefficient (Wildman–Crippen LogP) is 4.45. The lowest BCUT2D eigenvalue weighted by Gasteiger charge is -2.31. The van der Waals surface area contributed by atoms with Gasteiger partial charge in [0.05, 0.1) is 11.4 Å². The number of aryl methyl sites for hydroxylation is 2. The average Bonchev–Trinajstić information content (AvgIpc) is 2.85. The summed E-state index contributed by atoms with van der Waals surface area (Å²) in [6, 6.07) is 8.46. The topological polar surface area (TPSA) is 20.3 Å². The molecule has 0 N–H and O–H groups in total. The fraction of sp³-hybridized carbons (Fsp3) is 0.312. The lowest BCUT2D eigenvalue weighted by atomic mass is 9.99. The third kappa shape index (κ3) is 2.67.